The number of hydrogen-bond donors (Lipinski definition) is 3. The normalized spacial score (nSPS) is 12.4. The lowest BCUT2D eigenvalue weighted by atomic mass is 10.1. The third-order valence-electron chi connectivity index (χ3n) is 3.82. The SMILES string of the molecule is COc1ccccc1OCCNCC(O)c1ccc(OC)c(S(N)(=O)=O)c1. The second kappa shape index (κ2) is 9.56. The maximum Gasteiger partial charge on any atom is 0.241 e. The summed E-state index contributed by atoms with van der Waals surface area (Å²) in [6.45, 7) is 1.07. The fourth-order valence-corrected chi connectivity index (χ4v) is 3.18. The van der Waals surface area contributed by atoms with Crippen molar-refractivity contribution in [3.8, 4) is 17.2 Å². The Morgan fingerprint density at radius 1 is 1.07 bits per heavy atom. The first-order chi connectivity index (χ1) is 12.9. The van der Waals surface area contributed by atoms with Gasteiger partial charge in [-0.1, -0.05) is 18.2 Å². The number of aliphatic hydroxyl groups is 1. The summed E-state index contributed by atoms with van der Waals surface area (Å²) in [6, 6.07) is 11.7. The molecule has 1 atom stereocenters. The minimum absolute atomic E-state index is 0.131. The highest BCUT2D eigenvalue weighted by Gasteiger charge is 2.18. The third-order valence-corrected chi connectivity index (χ3v) is 4.75. The number of rotatable bonds is 10. The van der Waals surface area contributed by atoms with Crippen LogP contribution in [-0.2, 0) is 10.0 Å². The van der Waals surface area contributed by atoms with Gasteiger partial charge >= 0.3 is 0 Å². The van der Waals surface area contributed by atoms with Crippen molar-refractivity contribution >= 4 is 10.0 Å². The zero-order valence-electron chi connectivity index (χ0n) is 15.2. The molecule has 8 nitrogen and oxygen atoms in total. The Balaban J connectivity index is 1.88. The van der Waals surface area contributed by atoms with Crippen LogP contribution in [0.5, 0.6) is 17.2 Å². The van der Waals surface area contributed by atoms with Crippen LogP contribution in [0.2, 0.25) is 0 Å². The van der Waals surface area contributed by atoms with Gasteiger partial charge in [-0.05, 0) is 29.8 Å². The molecule has 1 unspecified atom stereocenters. The fourth-order valence-electron chi connectivity index (χ4n) is 2.45. The number of sulfonamides is 1. The second-order valence-electron chi connectivity index (χ2n) is 5.67. The lowest BCUT2D eigenvalue weighted by Crippen LogP contribution is -2.26. The molecule has 2 rings (SSSR count). The van der Waals surface area contributed by atoms with Crippen molar-refractivity contribution in [2.45, 2.75) is 11.0 Å². The highest BCUT2D eigenvalue weighted by atomic mass is 32.2. The second-order valence-corrected chi connectivity index (χ2v) is 7.20. The van der Waals surface area contributed by atoms with Crippen molar-refractivity contribution < 1.29 is 27.7 Å². The number of para-hydroxylation sites is 2. The molecule has 27 heavy (non-hydrogen) atoms. The van der Waals surface area contributed by atoms with E-state index in [2.05, 4.69) is 5.32 Å². The maximum absolute atomic E-state index is 11.6. The predicted octanol–water partition coefficient (Wildman–Crippen LogP) is 1.05. The zero-order chi connectivity index (χ0) is 19.9. The molecule has 0 fully saturated rings. The van der Waals surface area contributed by atoms with E-state index in [1.54, 1.807) is 25.3 Å². The minimum Gasteiger partial charge on any atom is -0.495 e. The Morgan fingerprint density at radius 2 is 1.74 bits per heavy atom. The Morgan fingerprint density at radius 3 is 2.37 bits per heavy atom. The average Bonchev–Trinajstić information content (AvgIpc) is 2.66. The van der Waals surface area contributed by atoms with Crippen LogP contribution in [0.15, 0.2) is 47.4 Å². The van der Waals surface area contributed by atoms with Crippen LogP contribution in [0.1, 0.15) is 11.7 Å². The third kappa shape index (κ3) is 5.83. The largest absolute Gasteiger partial charge is 0.495 e. The maximum atomic E-state index is 11.6. The van der Waals surface area contributed by atoms with Crippen molar-refractivity contribution in [3.05, 3.63) is 48.0 Å². The molecule has 4 N–H and O–H groups in total. The minimum atomic E-state index is -3.96. The summed E-state index contributed by atoms with van der Waals surface area (Å²) in [6.07, 6.45) is -0.914. The highest BCUT2D eigenvalue weighted by Crippen LogP contribution is 2.27. The number of methoxy groups -OCH3 is 2. The summed E-state index contributed by atoms with van der Waals surface area (Å²) in [5.41, 5.74) is 0.415. The molecular formula is C18H24N2O6S. The average molecular weight is 396 g/mol. The van der Waals surface area contributed by atoms with E-state index in [9.17, 15) is 13.5 Å². The Labute approximate surface area is 158 Å². The molecule has 0 saturated carbocycles. The summed E-state index contributed by atoms with van der Waals surface area (Å²) in [7, 11) is -1.03. The number of ether oxygens (including phenoxy) is 3. The lowest BCUT2D eigenvalue weighted by molar-refractivity contribution is 0.171. The van der Waals surface area contributed by atoms with E-state index in [0.29, 0.717) is 30.2 Å². The predicted molar refractivity (Wildman–Crippen MR) is 101 cm³/mol. The van der Waals surface area contributed by atoms with Gasteiger partial charge in [0.2, 0.25) is 10.0 Å². The molecule has 2 aromatic rings. The van der Waals surface area contributed by atoms with Crippen LogP contribution in [0, 0.1) is 0 Å². The number of nitrogens with one attached hydrogen (secondary N) is 1. The molecule has 0 amide bonds. The number of benzene rings is 2. The van der Waals surface area contributed by atoms with E-state index in [4.69, 9.17) is 19.3 Å². The van der Waals surface area contributed by atoms with E-state index >= 15 is 0 Å². The van der Waals surface area contributed by atoms with Crippen molar-refractivity contribution in [1.82, 2.24) is 5.32 Å². The molecule has 0 bridgehead atoms. The molecule has 2 aromatic carbocycles. The molecule has 0 aliphatic rings. The molecule has 0 aliphatic heterocycles. The van der Waals surface area contributed by atoms with Gasteiger partial charge in [-0.25, -0.2) is 13.6 Å². The van der Waals surface area contributed by atoms with Gasteiger partial charge in [0.25, 0.3) is 0 Å². The fraction of sp³-hybridized carbons (Fsp3) is 0.333. The standard InChI is InChI=1S/C18H24N2O6S/c1-24-15-5-3-4-6-16(15)26-10-9-20-12-14(21)13-7-8-17(25-2)18(11-13)27(19,22)23/h3-8,11,14,20-21H,9-10,12H2,1-2H3,(H2,19,22,23). The summed E-state index contributed by atoms with van der Waals surface area (Å²) >= 11 is 0. The quantitative estimate of drug-likeness (QED) is 0.514. The van der Waals surface area contributed by atoms with Crippen molar-refractivity contribution in [2.75, 3.05) is 33.9 Å². The first-order valence-corrected chi connectivity index (χ1v) is 9.76. The molecule has 0 spiro atoms. The van der Waals surface area contributed by atoms with Crippen molar-refractivity contribution in [3.63, 3.8) is 0 Å². The monoisotopic (exact) mass is 396 g/mol. The van der Waals surface area contributed by atoms with Gasteiger partial charge in [-0.3, -0.25) is 0 Å². The molecule has 9 heteroatoms. The van der Waals surface area contributed by atoms with Gasteiger partial charge in [-0.15, -0.1) is 0 Å². The Hall–Kier alpha value is -2.33. The Bertz CT molecular complexity index is 857. The smallest absolute Gasteiger partial charge is 0.241 e. The van der Waals surface area contributed by atoms with E-state index in [1.165, 1.54) is 19.2 Å². The van der Waals surface area contributed by atoms with E-state index in [-0.39, 0.29) is 17.2 Å². The Kier molecular flexibility index (Phi) is 7.43. The summed E-state index contributed by atoms with van der Waals surface area (Å²) in [5, 5.41) is 18.5. The summed E-state index contributed by atoms with van der Waals surface area (Å²) in [4.78, 5) is -0.166. The molecule has 0 radical (unpaired) electrons. The summed E-state index contributed by atoms with van der Waals surface area (Å²) in [5.74, 6) is 1.41. The van der Waals surface area contributed by atoms with E-state index in [1.807, 2.05) is 12.1 Å². The van der Waals surface area contributed by atoms with Gasteiger partial charge in [0.1, 0.15) is 17.3 Å². The van der Waals surface area contributed by atoms with Gasteiger partial charge < -0.3 is 24.6 Å². The first kappa shape index (κ1) is 21.0. The highest BCUT2D eigenvalue weighted by molar-refractivity contribution is 7.89. The lowest BCUT2D eigenvalue weighted by Gasteiger charge is -2.15. The van der Waals surface area contributed by atoms with E-state index < -0.39 is 16.1 Å². The van der Waals surface area contributed by atoms with E-state index in [0.717, 1.165) is 0 Å². The summed E-state index contributed by atoms with van der Waals surface area (Å²) < 4.78 is 39.1. The number of aliphatic hydroxyl groups excluding tert-OH is 1. The van der Waals surface area contributed by atoms with Crippen LogP contribution in [0.25, 0.3) is 0 Å². The van der Waals surface area contributed by atoms with Crippen molar-refractivity contribution in [1.29, 1.82) is 0 Å². The number of hydrogen-bond acceptors (Lipinski definition) is 7. The number of nitrogens with two attached hydrogens (primary N) is 1. The van der Waals surface area contributed by atoms with Crippen molar-refractivity contribution in [2.24, 2.45) is 5.14 Å². The van der Waals surface area contributed by atoms with Gasteiger partial charge in [0.15, 0.2) is 11.5 Å². The van der Waals surface area contributed by atoms with Crippen LogP contribution >= 0.6 is 0 Å². The van der Waals surface area contributed by atoms with Gasteiger partial charge in [-0.2, -0.15) is 0 Å². The molecule has 148 valence electrons. The van der Waals surface area contributed by atoms with Crippen LogP contribution in [0.3, 0.4) is 0 Å². The molecular weight excluding hydrogens is 372 g/mol. The van der Waals surface area contributed by atoms with Gasteiger partial charge in [0.05, 0.1) is 20.3 Å². The van der Waals surface area contributed by atoms with Crippen LogP contribution < -0.4 is 24.7 Å². The zero-order valence-corrected chi connectivity index (χ0v) is 16.0. The van der Waals surface area contributed by atoms with Gasteiger partial charge in [0, 0.05) is 13.1 Å². The molecule has 0 aromatic heterocycles. The number of primary sulfonamides is 1. The first-order valence-electron chi connectivity index (χ1n) is 8.22. The molecule has 0 saturated heterocycles. The topological polar surface area (TPSA) is 120 Å². The molecule has 0 heterocycles. The van der Waals surface area contributed by atoms with Crippen LogP contribution in [0.4, 0.5) is 0 Å². The van der Waals surface area contributed by atoms with Crippen LogP contribution in [-0.4, -0.2) is 47.4 Å². The molecule has 0 aliphatic carbocycles.